The van der Waals surface area contributed by atoms with E-state index in [4.69, 9.17) is 5.73 Å². The van der Waals surface area contributed by atoms with Gasteiger partial charge in [-0.2, -0.15) is 0 Å². The normalized spacial score (nSPS) is 18.2. The number of nitrogens with two attached hydrogens (primary N) is 1. The van der Waals surface area contributed by atoms with Crippen LogP contribution in [0.4, 0.5) is 0 Å². The number of nitrogens with zero attached hydrogens (tertiary/aromatic N) is 4. The average molecular weight is 231 g/mol. The minimum Gasteiger partial charge on any atom is -0.330 e. The summed E-state index contributed by atoms with van der Waals surface area (Å²) >= 11 is 0. The molecule has 90 valence electrons. The minimum absolute atomic E-state index is 0.258. The highest BCUT2D eigenvalue weighted by atomic mass is 15.3. The fourth-order valence-corrected chi connectivity index (χ4v) is 2.52. The molecule has 0 spiro atoms. The van der Waals surface area contributed by atoms with Gasteiger partial charge < -0.3 is 5.73 Å². The van der Waals surface area contributed by atoms with Crippen molar-refractivity contribution in [1.29, 1.82) is 0 Å². The van der Waals surface area contributed by atoms with E-state index < -0.39 is 0 Å². The van der Waals surface area contributed by atoms with Crippen molar-refractivity contribution in [1.82, 2.24) is 19.6 Å². The summed E-state index contributed by atoms with van der Waals surface area (Å²) in [4.78, 5) is 4.29. The van der Waals surface area contributed by atoms with Gasteiger partial charge in [-0.3, -0.25) is 4.40 Å². The van der Waals surface area contributed by atoms with Gasteiger partial charge in [0.2, 0.25) is 0 Å². The smallest absolute Gasteiger partial charge is 0.163 e. The number of hydrogen-bond donors (Lipinski definition) is 1. The van der Waals surface area contributed by atoms with Crippen molar-refractivity contribution in [2.24, 2.45) is 11.1 Å². The summed E-state index contributed by atoms with van der Waals surface area (Å²) in [7, 11) is 0. The Labute approximate surface area is 100 Å². The first-order chi connectivity index (χ1) is 8.22. The van der Waals surface area contributed by atoms with Crippen LogP contribution < -0.4 is 5.73 Å². The van der Waals surface area contributed by atoms with Crippen molar-refractivity contribution in [2.75, 3.05) is 6.54 Å². The van der Waals surface area contributed by atoms with E-state index in [0.717, 1.165) is 30.1 Å². The zero-order valence-electron chi connectivity index (χ0n) is 10.1. The van der Waals surface area contributed by atoms with E-state index in [0.29, 0.717) is 0 Å². The van der Waals surface area contributed by atoms with Crippen molar-refractivity contribution in [3.05, 3.63) is 23.9 Å². The molecule has 0 unspecified atom stereocenters. The third kappa shape index (κ3) is 1.70. The molecule has 3 rings (SSSR count). The molecule has 0 aliphatic heterocycles. The van der Waals surface area contributed by atoms with Gasteiger partial charge in [0, 0.05) is 18.2 Å². The van der Waals surface area contributed by atoms with E-state index in [1.807, 2.05) is 23.7 Å². The van der Waals surface area contributed by atoms with Gasteiger partial charge in [-0.25, -0.2) is 4.98 Å². The van der Waals surface area contributed by atoms with Gasteiger partial charge in [-0.15, -0.1) is 10.2 Å². The molecule has 5 heteroatoms. The maximum absolute atomic E-state index is 5.88. The summed E-state index contributed by atoms with van der Waals surface area (Å²) in [5, 5.41) is 8.46. The first-order valence-electron chi connectivity index (χ1n) is 6.09. The molecule has 2 aromatic heterocycles. The van der Waals surface area contributed by atoms with E-state index in [2.05, 4.69) is 15.2 Å². The largest absolute Gasteiger partial charge is 0.330 e. The Bertz CT molecular complexity index is 535. The zero-order valence-corrected chi connectivity index (χ0v) is 10.1. The number of hydrogen-bond acceptors (Lipinski definition) is 4. The molecule has 17 heavy (non-hydrogen) atoms. The molecule has 2 aromatic rings. The van der Waals surface area contributed by atoms with Crippen LogP contribution in [-0.2, 0) is 6.42 Å². The van der Waals surface area contributed by atoms with Gasteiger partial charge in [-0.1, -0.05) is 6.42 Å². The predicted molar refractivity (Wildman–Crippen MR) is 64.6 cm³/mol. The predicted octanol–water partition coefficient (Wildman–Crippen LogP) is 1.10. The van der Waals surface area contributed by atoms with E-state index in [1.165, 1.54) is 19.3 Å². The molecule has 0 saturated heterocycles. The van der Waals surface area contributed by atoms with Crippen molar-refractivity contribution >= 4 is 5.65 Å². The first kappa shape index (κ1) is 10.7. The Kier molecular flexibility index (Phi) is 2.36. The standard InChI is InChI=1S/C12H17N5/c1-9-5-10-15-16-11(17(10)8-14-9)6-12(7-13)3-2-4-12/h5,8H,2-4,6-7,13H2,1H3. The van der Waals surface area contributed by atoms with Gasteiger partial charge in [-0.05, 0) is 31.7 Å². The molecule has 2 N–H and O–H groups in total. The second-order valence-corrected chi connectivity index (χ2v) is 5.11. The second-order valence-electron chi connectivity index (χ2n) is 5.11. The monoisotopic (exact) mass is 231 g/mol. The minimum atomic E-state index is 0.258. The number of rotatable bonds is 3. The molecule has 0 radical (unpaired) electrons. The maximum atomic E-state index is 5.88. The quantitative estimate of drug-likeness (QED) is 0.859. The molecule has 0 bridgehead atoms. The Balaban J connectivity index is 1.95. The molecule has 1 aliphatic rings. The molecular formula is C12H17N5. The summed E-state index contributed by atoms with van der Waals surface area (Å²) < 4.78 is 1.97. The Morgan fingerprint density at radius 3 is 2.88 bits per heavy atom. The third-order valence-corrected chi connectivity index (χ3v) is 3.89. The van der Waals surface area contributed by atoms with Gasteiger partial charge >= 0.3 is 0 Å². The fraction of sp³-hybridized carbons (Fsp3) is 0.583. The van der Waals surface area contributed by atoms with Crippen LogP contribution in [-0.4, -0.2) is 26.1 Å². The van der Waals surface area contributed by atoms with Crippen molar-refractivity contribution < 1.29 is 0 Å². The Hall–Kier alpha value is -1.49. The summed E-state index contributed by atoms with van der Waals surface area (Å²) in [6.45, 7) is 2.70. The van der Waals surface area contributed by atoms with Crippen LogP contribution in [0.15, 0.2) is 12.4 Å². The molecule has 5 nitrogen and oxygen atoms in total. The van der Waals surface area contributed by atoms with Crippen LogP contribution in [0, 0.1) is 12.3 Å². The Morgan fingerprint density at radius 2 is 2.24 bits per heavy atom. The molecule has 0 aromatic carbocycles. The van der Waals surface area contributed by atoms with E-state index in [9.17, 15) is 0 Å². The molecule has 2 heterocycles. The third-order valence-electron chi connectivity index (χ3n) is 3.89. The number of aryl methyl sites for hydroxylation is 1. The highest BCUT2D eigenvalue weighted by Crippen LogP contribution is 2.42. The molecule has 0 amide bonds. The van der Waals surface area contributed by atoms with Crippen LogP contribution in [0.3, 0.4) is 0 Å². The van der Waals surface area contributed by atoms with E-state index in [-0.39, 0.29) is 5.41 Å². The van der Waals surface area contributed by atoms with E-state index >= 15 is 0 Å². The molecule has 1 fully saturated rings. The van der Waals surface area contributed by atoms with Gasteiger partial charge in [0.25, 0.3) is 0 Å². The van der Waals surface area contributed by atoms with Crippen molar-refractivity contribution in [3.8, 4) is 0 Å². The van der Waals surface area contributed by atoms with Crippen LogP contribution in [0.2, 0.25) is 0 Å². The zero-order chi connectivity index (χ0) is 11.9. The molecule has 1 saturated carbocycles. The van der Waals surface area contributed by atoms with Crippen molar-refractivity contribution in [2.45, 2.75) is 32.6 Å². The highest BCUT2D eigenvalue weighted by Gasteiger charge is 2.36. The second kappa shape index (κ2) is 3.77. The topological polar surface area (TPSA) is 69.1 Å². The lowest BCUT2D eigenvalue weighted by molar-refractivity contribution is 0.141. The fourth-order valence-electron chi connectivity index (χ4n) is 2.52. The average Bonchev–Trinajstić information content (AvgIpc) is 2.66. The molecular weight excluding hydrogens is 214 g/mol. The number of aromatic nitrogens is 4. The highest BCUT2D eigenvalue weighted by molar-refractivity contribution is 5.38. The van der Waals surface area contributed by atoms with Crippen molar-refractivity contribution in [3.63, 3.8) is 0 Å². The lowest BCUT2D eigenvalue weighted by Gasteiger charge is -2.40. The molecule has 0 atom stereocenters. The van der Waals surface area contributed by atoms with Gasteiger partial charge in [0.15, 0.2) is 5.65 Å². The summed E-state index contributed by atoms with van der Waals surface area (Å²) in [5.41, 5.74) is 7.98. The van der Waals surface area contributed by atoms with E-state index in [1.54, 1.807) is 0 Å². The maximum Gasteiger partial charge on any atom is 0.163 e. The van der Waals surface area contributed by atoms with Crippen LogP contribution in [0.1, 0.15) is 30.8 Å². The SMILES string of the molecule is Cc1cc2nnc(CC3(CN)CCC3)n2cn1. The first-order valence-corrected chi connectivity index (χ1v) is 6.09. The number of fused-ring (bicyclic) bond motifs is 1. The van der Waals surface area contributed by atoms with Crippen LogP contribution in [0.5, 0.6) is 0 Å². The lowest BCUT2D eigenvalue weighted by Crippen LogP contribution is -2.39. The molecule has 1 aliphatic carbocycles. The summed E-state index contributed by atoms with van der Waals surface area (Å²) in [5.74, 6) is 0.984. The lowest BCUT2D eigenvalue weighted by atomic mass is 9.66. The summed E-state index contributed by atoms with van der Waals surface area (Å²) in [6.07, 6.45) is 6.42. The summed E-state index contributed by atoms with van der Waals surface area (Å²) in [6, 6.07) is 1.95. The van der Waals surface area contributed by atoms with Gasteiger partial charge in [0.1, 0.15) is 12.2 Å². The van der Waals surface area contributed by atoms with Crippen LogP contribution in [0.25, 0.3) is 5.65 Å². The van der Waals surface area contributed by atoms with Crippen LogP contribution >= 0.6 is 0 Å². The Morgan fingerprint density at radius 1 is 1.41 bits per heavy atom. The van der Waals surface area contributed by atoms with Gasteiger partial charge in [0.05, 0.1) is 0 Å².